The SMILES string of the molecule is C1CC(CCNCC2CC2)CN1. The molecular weight excluding hydrogens is 148 g/mol. The molecule has 0 bridgehead atoms. The molecule has 1 aliphatic heterocycles. The minimum absolute atomic E-state index is 0.955. The maximum absolute atomic E-state index is 3.55. The summed E-state index contributed by atoms with van der Waals surface area (Å²) in [6.07, 6.45) is 5.71. The highest BCUT2D eigenvalue weighted by Crippen LogP contribution is 2.27. The highest BCUT2D eigenvalue weighted by atomic mass is 14.9. The van der Waals surface area contributed by atoms with Crippen LogP contribution in [-0.4, -0.2) is 26.2 Å². The summed E-state index contributed by atoms with van der Waals surface area (Å²) in [7, 11) is 0. The lowest BCUT2D eigenvalue weighted by atomic mass is 10.1. The summed E-state index contributed by atoms with van der Waals surface area (Å²) >= 11 is 0. The van der Waals surface area contributed by atoms with Crippen molar-refractivity contribution in [2.45, 2.75) is 25.7 Å². The van der Waals surface area contributed by atoms with E-state index < -0.39 is 0 Å². The minimum atomic E-state index is 0.955. The summed E-state index contributed by atoms with van der Waals surface area (Å²) in [6, 6.07) is 0. The predicted molar refractivity (Wildman–Crippen MR) is 51.2 cm³/mol. The van der Waals surface area contributed by atoms with E-state index in [1.807, 2.05) is 0 Å². The van der Waals surface area contributed by atoms with Crippen LogP contribution in [0.3, 0.4) is 0 Å². The third kappa shape index (κ3) is 2.76. The van der Waals surface area contributed by atoms with Crippen molar-refractivity contribution < 1.29 is 0 Å². The van der Waals surface area contributed by atoms with Crippen LogP contribution in [0.2, 0.25) is 0 Å². The molecule has 1 heterocycles. The Morgan fingerprint density at radius 1 is 1.17 bits per heavy atom. The highest BCUT2D eigenvalue weighted by molar-refractivity contribution is 4.76. The van der Waals surface area contributed by atoms with Gasteiger partial charge in [-0.1, -0.05) is 0 Å². The third-order valence-electron chi connectivity index (χ3n) is 3.02. The van der Waals surface area contributed by atoms with Crippen molar-refractivity contribution in [1.29, 1.82) is 0 Å². The maximum Gasteiger partial charge on any atom is -0.00196 e. The van der Waals surface area contributed by atoms with Crippen LogP contribution in [0, 0.1) is 11.8 Å². The third-order valence-corrected chi connectivity index (χ3v) is 3.02. The topological polar surface area (TPSA) is 24.1 Å². The van der Waals surface area contributed by atoms with Crippen molar-refractivity contribution in [2.75, 3.05) is 26.2 Å². The zero-order valence-electron chi connectivity index (χ0n) is 7.81. The molecule has 0 radical (unpaired) electrons. The van der Waals surface area contributed by atoms with Gasteiger partial charge in [-0.3, -0.25) is 0 Å². The molecule has 0 aromatic heterocycles. The number of nitrogens with one attached hydrogen (secondary N) is 2. The lowest BCUT2D eigenvalue weighted by molar-refractivity contribution is 0.494. The molecule has 2 fully saturated rings. The van der Waals surface area contributed by atoms with Crippen LogP contribution in [-0.2, 0) is 0 Å². The normalized spacial score (nSPS) is 29.5. The van der Waals surface area contributed by atoms with E-state index in [1.165, 1.54) is 51.9 Å². The molecule has 2 heteroatoms. The van der Waals surface area contributed by atoms with Gasteiger partial charge in [0.1, 0.15) is 0 Å². The lowest BCUT2D eigenvalue weighted by Gasteiger charge is -2.08. The first-order chi connectivity index (χ1) is 5.95. The van der Waals surface area contributed by atoms with Crippen molar-refractivity contribution in [3.8, 4) is 0 Å². The molecule has 2 N–H and O–H groups in total. The smallest absolute Gasteiger partial charge is 0.00196 e. The average molecular weight is 168 g/mol. The largest absolute Gasteiger partial charge is 0.316 e. The van der Waals surface area contributed by atoms with Crippen molar-refractivity contribution in [3.63, 3.8) is 0 Å². The molecule has 2 rings (SSSR count). The van der Waals surface area contributed by atoms with Gasteiger partial charge in [-0.15, -0.1) is 0 Å². The number of rotatable bonds is 5. The monoisotopic (exact) mass is 168 g/mol. The van der Waals surface area contributed by atoms with E-state index in [9.17, 15) is 0 Å². The van der Waals surface area contributed by atoms with Crippen LogP contribution >= 0.6 is 0 Å². The standard InChI is InChI=1S/C10H20N2/c1-2-9(1)7-11-5-3-10-4-6-12-8-10/h9-12H,1-8H2. The second-order valence-electron chi connectivity index (χ2n) is 4.29. The molecule has 12 heavy (non-hydrogen) atoms. The van der Waals surface area contributed by atoms with E-state index in [4.69, 9.17) is 0 Å². The molecule has 1 atom stereocenters. The fourth-order valence-corrected chi connectivity index (χ4v) is 1.90. The Labute approximate surface area is 75.1 Å². The molecule has 70 valence electrons. The fraction of sp³-hybridized carbons (Fsp3) is 1.00. The van der Waals surface area contributed by atoms with Gasteiger partial charge in [-0.2, -0.15) is 0 Å². The van der Waals surface area contributed by atoms with E-state index in [0.717, 1.165) is 11.8 Å². The van der Waals surface area contributed by atoms with Crippen LogP contribution in [0.1, 0.15) is 25.7 Å². The van der Waals surface area contributed by atoms with E-state index in [2.05, 4.69) is 10.6 Å². The Morgan fingerprint density at radius 2 is 2.08 bits per heavy atom. The highest BCUT2D eigenvalue weighted by Gasteiger charge is 2.20. The first-order valence-corrected chi connectivity index (χ1v) is 5.36. The Bertz CT molecular complexity index is 126. The Balaban J connectivity index is 1.44. The Hall–Kier alpha value is -0.0800. The zero-order chi connectivity index (χ0) is 8.23. The molecular formula is C10H20N2. The summed E-state index contributed by atoms with van der Waals surface area (Å²) < 4.78 is 0. The van der Waals surface area contributed by atoms with Gasteiger partial charge in [-0.25, -0.2) is 0 Å². The van der Waals surface area contributed by atoms with Gasteiger partial charge in [0, 0.05) is 0 Å². The summed E-state index contributed by atoms with van der Waals surface area (Å²) in [6.45, 7) is 5.02. The quantitative estimate of drug-likeness (QED) is 0.598. The van der Waals surface area contributed by atoms with E-state index >= 15 is 0 Å². The molecule has 0 aromatic carbocycles. The van der Waals surface area contributed by atoms with Crippen LogP contribution in [0.5, 0.6) is 0 Å². The molecule has 1 saturated heterocycles. The number of hydrogen-bond acceptors (Lipinski definition) is 2. The molecule has 2 nitrogen and oxygen atoms in total. The molecule has 2 aliphatic rings. The van der Waals surface area contributed by atoms with E-state index in [0.29, 0.717) is 0 Å². The van der Waals surface area contributed by atoms with Gasteiger partial charge in [0.15, 0.2) is 0 Å². The lowest BCUT2D eigenvalue weighted by Crippen LogP contribution is -2.21. The molecule has 1 unspecified atom stereocenters. The van der Waals surface area contributed by atoms with Crippen LogP contribution < -0.4 is 10.6 Å². The average Bonchev–Trinajstić information content (AvgIpc) is 2.76. The van der Waals surface area contributed by atoms with Crippen molar-refractivity contribution in [1.82, 2.24) is 10.6 Å². The van der Waals surface area contributed by atoms with Crippen LogP contribution in [0.25, 0.3) is 0 Å². The summed E-state index contributed by atoms with van der Waals surface area (Å²) in [5.74, 6) is 1.99. The molecule has 0 amide bonds. The van der Waals surface area contributed by atoms with Gasteiger partial charge >= 0.3 is 0 Å². The fourth-order valence-electron chi connectivity index (χ4n) is 1.90. The van der Waals surface area contributed by atoms with E-state index in [1.54, 1.807) is 0 Å². The second-order valence-corrected chi connectivity index (χ2v) is 4.29. The van der Waals surface area contributed by atoms with Gasteiger partial charge in [-0.05, 0) is 63.7 Å². The second kappa shape index (κ2) is 4.24. The first-order valence-electron chi connectivity index (χ1n) is 5.36. The molecule has 0 spiro atoms. The van der Waals surface area contributed by atoms with Crippen LogP contribution in [0.4, 0.5) is 0 Å². The Kier molecular flexibility index (Phi) is 3.01. The van der Waals surface area contributed by atoms with Gasteiger partial charge < -0.3 is 10.6 Å². The van der Waals surface area contributed by atoms with Gasteiger partial charge in [0.2, 0.25) is 0 Å². The maximum atomic E-state index is 3.55. The zero-order valence-corrected chi connectivity index (χ0v) is 7.81. The van der Waals surface area contributed by atoms with Gasteiger partial charge in [0.05, 0.1) is 0 Å². The van der Waals surface area contributed by atoms with Crippen LogP contribution in [0.15, 0.2) is 0 Å². The molecule has 1 saturated carbocycles. The summed E-state index contributed by atoms with van der Waals surface area (Å²) in [4.78, 5) is 0. The molecule has 1 aliphatic carbocycles. The first kappa shape index (κ1) is 8.52. The summed E-state index contributed by atoms with van der Waals surface area (Å²) in [5.41, 5.74) is 0. The van der Waals surface area contributed by atoms with Crippen molar-refractivity contribution in [2.24, 2.45) is 11.8 Å². The van der Waals surface area contributed by atoms with Gasteiger partial charge in [0.25, 0.3) is 0 Å². The molecule has 0 aromatic rings. The predicted octanol–water partition coefficient (Wildman–Crippen LogP) is 0.986. The summed E-state index contributed by atoms with van der Waals surface area (Å²) in [5, 5.41) is 6.95. The number of hydrogen-bond donors (Lipinski definition) is 2. The minimum Gasteiger partial charge on any atom is -0.316 e. The van der Waals surface area contributed by atoms with Crippen molar-refractivity contribution >= 4 is 0 Å². The van der Waals surface area contributed by atoms with E-state index in [-0.39, 0.29) is 0 Å². The van der Waals surface area contributed by atoms with Crippen molar-refractivity contribution in [3.05, 3.63) is 0 Å². The Morgan fingerprint density at radius 3 is 2.75 bits per heavy atom.